The van der Waals surface area contributed by atoms with Gasteiger partial charge in [0.2, 0.25) is 5.91 Å². The summed E-state index contributed by atoms with van der Waals surface area (Å²) in [6.45, 7) is 0. The van der Waals surface area contributed by atoms with Crippen molar-refractivity contribution in [1.82, 2.24) is 15.2 Å². The van der Waals surface area contributed by atoms with Crippen LogP contribution in [0.25, 0.3) is 11.3 Å². The molecule has 2 N–H and O–H groups in total. The summed E-state index contributed by atoms with van der Waals surface area (Å²) < 4.78 is 13.2. The molecule has 28 heavy (non-hydrogen) atoms. The first-order valence-corrected chi connectivity index (χ1v) is 9.35. The average Bonchev–Trinajstić information content (AvgIpc) is 3.04. The van der Waals surface area contributed by atoms with Gasteiger partial charge in [0.1, 0.15) is 0 Å². The van der Waals surface area contributed by atoms with Crippen LogP contribution < -0.4 is 20.3 Å². The Kier molecular flexibility index (Phi) is 6.20. The molecule has 1 amide bonds. The Labute approximate surface area is 171 Å². The summed E-state index contributed by atoms with van der Waals surface area (Å²) in [7, 11) is 5.02. The fourth-order valence-corrected chi connectivity index (χ4v) is 3.42. The maximum Gasteiger partial charge on any atom is 0.242 e. The van der Waals surface area contributed by atoms with Crippen molar-refractivity contribution in [2.45, 2.75) is 6.42 Å². The van der Waals surface area contributed by atoms with Gasteiger partial charge >= 0.3 is 0 Å². The first-order valence-electron chi connectivity index (χ1n) is 8.55. The summed E-state index contributed by atoms with van der Waals surface area (Å²) in [6.07, 6.45) is 1.96. The van der Waals surface area contributed by atoms with Gasteiger partial charge in [0.25, 0.3) is 0 Å². The Morgan fingerprint density at radius 1 is 1.14 bits per heavy atom. The van der Waals surface area contributed by atoms with Gasteiger partial charge in [-0.2, -0.15) is 5.10 Å². The lowest BCUT2D eigenvalue weighted by molar-refractivity contribution is -0.119. The third kappa shape index (κ3) is 4.45. The summed E-state index contributed by atoms with van der Waals surface area (Å²) in [5.41, 5.74) is 9.21. The molecule has 2 aromatic carbocycles. The van der Waals surface area contributed by atoms with E-state index in [1.165, 1.54) is 0 Å². The van der Waals surface area contributed by atoms with E-state index >= 15 is 0 Å². The second-order valence-electron chi connectivity index (χ2n) is 6.08. The zero-order valence-electron chi connectivity index (χ0n) is 15.8. The van der Waals surface area contributed by atoms with E-state index in [4.69, 9.17) is 9.47 Å². The van der Waals surface area contributed by atoms with Crippen molar-refractivity contribution in [3.8, 4) is 22.8 Å². The zero-order valence-corrected chi connectivity index (χ0v) is 17.4. The molecule has 0 aliphatic heterocycles. The number of hydrogen-bond donors (Lipinski definition) is 2. The normalized spacial score (nSPS) is 10.4. The van der Waals surface area contributed by atoms with Crippen LogP contribution >= 0.6 is 15.9 Å². The number of anilines is 1. The second kappa shape index (κ2) is 8.79. The fourth-order valence-electron chi connectivity index (χ4n) is 2.84. The summed E-state index contributed by atoms with van der Waals surface area (Å²) in [6, 6.07) is 13.1. The summed E-state index contributed by atoms with van der Waals surface area (Å²) in [5, 5.41) is 4.23. The molecule has 0 radical (unpaired) electrons. The molecule has 0 aliphatic carbocycles. The molecule has 0 spiro atoms. The lowest BCUT2D eigenvalue weighted by Gasteiger charge is -2.12. The lowest BCUT2D eigenvalue weighted by Crippen LogP contribution is -2.30. The van der Waals surface area contributed by atoms with E-state index in [-0.39, 0.29) is 12.3 Å². The zero-order chi connectivity index (χ0) is 20.1. The van der Waals surface area contributed by atoms with E-state index in [0.29, 0.717) is 11.5 Å². The number of carbonyl (C=O) groups excluding carboxylic acids is 1. The molecule has 146 valence electrons. The molecule has 1 heterocycles. The molecule has 0 bridgehead atoms. The van der Waals surface area contributed by atoms with E-state index in [2.05, 4.69) is 31.9 Å². The van der Waals surface area contributed by atoms with Crippen molar-refractivity contribution >= 4 is 27.5 Å². The number of hydrazine groups is 1. The highest BCUT2D eigenvalue weighted by Gasteiger charge is 2.11. The van der Waals surface area contributed by atoms with Crippen molar-refractivity contribution in [1.29, 1.82) is 0 Å². The Morgan fingerprint density at radius 2 is 1.93 bits per heavy atom. The van der Waals surface area contributed by atoms with Crippen molar-refractivity contribution in [2.75, 3.05) is 19.6 Å². The molecular formula is C20H21BrN4O3. The molecule has 7 nitrogen and oxygen atoms in total. The van der Waals surface area contributed by atoms with Crippen LogP contribution in [-0.2, 0) is 18.3 Å². The van der Waals surface area contributed by atoms with Gasteiger partial charge in [0.15, 0.2) is 11.5 Å². The van der Waals surface area contributed by atoms with Crippen LogP contribution in [0.2, 0.25) is 0 Å². The smallest absolute Gasteiger partial charge is 0.242 e. The number of ether oxygens (including phenoxy) is 2. The second-order valence-corrected chi connectivity index (χ2v) is 6.94. The third-order valence-corrected chi connectivity index (χ3v) is 4.77. The minimum absolute atomic E-state index is 0.167. The van der Waals surface area contributed by atoms with Crippen molar-refractivity contribution in [2.24, 2.45) is 7.05 Å². The van der Waals surface area contributed by atoms with Gasteiger partial charge in [0, 0.05) is 12.6 Å². The van der Waals surface area contributed by atoms with Gasteiger partial charge in [-0.3, -0.25) is 20.3 Å². The van der Waals surface area contributed by atoms with E-state index in [9.17, 15) is 4.79 Å². The van der Waals surface area contributed by atoms with Gasteiger partial charge in [-0.05, 0) is 45.8 Å². The molecule has 0 fully saturated rings. The number of amides is 1. The van der Waals surface area contributed by atoms with Crippen LogP contribution in [0, 0.1) is 0 Å². The highest BCUT2D eigenvalue weighted by Crippen LogP contribution is 2.29. The molecule has 1 aromatic heterocycles. The van der Waals surface area contributed by atoms with E-state index < -0.39 is 0 Å². The van der Waals surface area contributed by atoms with Gasteiger partial charge in [-0.25, -0.2) is 0 Å². The molecule has 0 atom stereocenters. The molecule has 0 unspecified atom stereocenters. The van der Waals surface area contributed by atoms with E-state index in [1.54, 1.807) is 37.2 Å². The number of aryl methyl sites for hydroxylation is 1. The van der Waals surface area contributed by atoms with Crippen LogP contribution in [0.3, 0.4) is 0 Å². The number of hydrogen-bond acceptors (Lipinski definition) is 5. The maximum atomic E-state index is 12.3. The van der Waals surface area contributed by atoms with Crippen molar-refractivity contribution in [3.63, 3.8) is 0 Å². The molecule has 0 aliphatic rings. The molecular weight excluding hydrogens is 424 g/mol. The Balaban J connectivity index is 1.65. The number of rotatable bonds is 7. The minimum Gasteiger partial charge on any atom is -0.493 e. The van der Waals surface area contributed by atoms with Gasteiger partial charge in [-0.15, -0.1) is 0 Å². The van der Waals surface area contributed by atoms with Gasteiger partial charge in [-0.1, -0.05) is 18.2 Å². The van der Waals surface area contributed by atoms with Crippen LogP contribution in [0.5, 0.6) is 11.5 Å². The first kappa shape index (κ1) is 19.8. The van der Waals surface area contributed by atoms with Crippen LogP contribution in [0.15, 0.2) is 53.1 Å². The number of benzene rings is 2. The summed E-state index contributed by atoms with van der Waals surface area (Å²) in [4.78, 5) is 12.3. The van der Waals surface area contributed by atoms with Crippen LogP contribution in [0.1, 0.15) is 5.56 Å². The quantitative estimate of drug-likeness (QED) is 0.544. The number of aromatic nitrogens is 2. The predicted octanol–water partition coefficient (Wildman–Crippen LogP) is 3.55. The van der Waals surface area contributed by atoms with Gasteiger partial charge in [0.05, 0.1) is 42.7 Å². The minimum atomic E-state index is -0.167. The number of nitrogens with zero attached hydrogens (tertiary/aromatic N) is 2. The van der Waals surface area contributed by atoms with Crippen LogP contribution in [-0.4, -0.2) is 29.9 Å². The Bertz CT molecular complexity index is 968. The third-order valence-electron chi connectivity index (χ3n) is 4.19. The monoisotopic (exact) mass is 444 g/mol. The topological polar surface area (TPSA) is 77.4 Å². The molecule has 3 aromatic rings. The predicted molar refractivity (Wildman–Crippen MR) is 111 cm³/mol. The number of methoxy groups -OCH3 is 2. The number of carbonyl (C=O) groups is 1. The summed E-state index contributed by atoms with van der Waals surface area (Å²) >= 11 is 3.51. The van der Waals surface area contributed by atoms with Crippen molar-refractivity contribution in [3.05, 3.63) is 58.7 Å². The Morgan fingerprint density at radius 3 is 2.61 bits per heavy atom. The number of halogens is 1. The molecule has 8 heteroatoms. The molecule has 0 saturated heterocycles. The largest absolute Gasteiger partial charge is 0.493 e. The SMILES string of the molecule is COc1ccc(CC(=O)NNc2cccc(-c3c(Br)cnn3C)c2)cc1OC. The maximum absolute atomic E-state index is 12.3. The molecule has 0 saturated carbocycles. The van der Waals surface area contributed by atoms with Crippen LogP contribution in [0.4, 0.5) is 5.69 Å². The first-order chi connectivity index (χ1) is 13.5. The fraction of sp³-hybridized carbons (Fsp3) is 0.200. The number of nitrogens with one attached hydrogen (secondary N) is 2. The Hall–Kier alpha value is -3.00. The highest BCUT2D eigenvalue weighted by atomic mass is 79.9. The van der Waals surface area contributed by atoms with Gasteiger partial charge < -0.3 is 9.47 Å². The standard InChI is InChI=1S/C20H21BrN4O3/c1-25-20(16(21)12-22-25)14-5-4-6-15(11-14)23-24-19(26)10-13-7-8-17(27-2)18(9-13)28-3/h4-9,11-12,23H,10H2,1-3H3,(H,24,26). The summed E-state index contributed by atoms with van der Waals surface area (Å²) in [5.74, 6) is 1.05. The lowest BCUT2D eigenvalue weighted by atomic mass is 10.1. The van der Waals surface area contributed by atoms with E-state index in [0.717, 1.165) is 27.0 Å². The highest BCUT2D eigenvalue weighted by molar-refractivity contribution is 9.10. The van der Waals surface area contributed by atoms with E-state index in [1.807, 2.05) is 37.4 Å². The van der Waals surface area contributed by atoms with Crippen molar-refractivity contribution < 1.29 is 14.3 Å². The molecule has 3 rings (SSSR count). The average molecular weight is 445 g/mol.